The Bertz CT molecular complexity index is 515. The number of nitrogens with zero attached hydrogens (tertiary/aromatic N) is 3. The van der Waals surface area contributed by atoms with E-state index in [0.29, 0.717) is 5.69 Å². The molecule has 0 unspecified atom stereocenters. The molecule has 1 amide bonds. The molecule has 2 aromatic rings. The first-order chi connectivity index (χ1) is 9.24. The standard InChI is InChI=1S/C14H16N4O/c1-11(8-12-2-4-15-5-3-12)18-14(19)9-13-10-16-6-7-17-13/h2-7,10-11H,8-9H2,1H3,(H,18,19)/t11-/m1/s1. The topological polar surface area (TPSA) is 67.8 Å². The van der Waals surface area contributed by atoms with Gasteiger partial charge < -0.3 is 5.32 Å². The number of pyridine rings is 1. The largest absolute Gasteiger partial charge is 0.353 e. The van der Waals surface area contributed by atoms with Crippen molar-refractivity contribution in [2.75, 3.05) is 0 Å². The van der Waals surface area contributed by atoms with Crippen LogP contribution in [0.2, 0.25) is 0 Å². The van der Waals surface area contributed by atoms with Crippen LogP contribution in [-0.4, -0.2) is 26.9 Å². The van der Waals surface area contributed by atoms with Crippen molar-refractivity contribution in [1.82, 2.24) is 20.3 Å². The lowest BCUT2D eigenvalue weighted by Crippen LogP contribution is -2.35. The van der Waals surface area contributed by atoms with E-state index in [1.54, 1.807) is 31.0 Å². The van der Waals surface area contributed by atoms with Crippen molar-refractivity contribution >= 4 is 5.91 Å². The molecule has 0 spiro atoms. The summed E-state index contributed by atoms with van der Waals surface area (Å²) in [5.74, 6) is -0.0398. The lowest BCUT2D eigenvalue weighted by Gasteiger charge is -2.13. The van der Waals surface area contributed by atoms with E-state index in [1.807, 2.05) is 19.1 Å². The third-order valence-electron chi connectivity index (χ3n) is 2.66. The van der Waals surface area contributed by atoms with Gasteiger partial charge in [0.15, 0.2) is 0 Å². The maximum atomic E-state index is 11.8. The van der Waals surface area contributed by atoms with Crippen LogP contribution in [0.5, 0.6) is 0 Å². The second-order valence-corrected chi connectivity index (χ2v) is 4.40. The SMILES string of the molecule is C[C@H](Cc1ccncc1)NC(=O)Cc1cnccn1. The highest BCUT2D eigenvalue weighted by Gasteiger charge is 2.09. The molecule has 0 radical (unpaired) electrons. The molecular weight excluding hydrogens is 240 g/mol. The molecule has 0 bridgehead atoms. The van der Waals surface area contributed by atoms with Gasteiger partial charge in [0, 0.05) is 37.0 Å². The Morgan fingerprint density at radius 3 is 2.68 bits per heavy atom. The van der Waals surface area contributed by atoms with E-state index >= 15 is 0 Å². The summed E-state index contributed by atoms with van der Waals surface area (Å²) in [6.07, 6.45) is 9.33. The monoisotopic (exact) mass is 256 g/mol. The second kappa shape index (κ2) is 6.58. The normalized spacial score (nSPS) is 11.8. The molecule has 5 heteroatoms. The zero-order chi connectivity index (χ0) is 13.5. The van der Waals surface area contributed by atoms with Gasteiger partial charge in [-0.2, -0.15) is 0 Å². The van der Waals surface area contributed by atoms with Gasteiger partial charge in [0.05, 0.1) is 12.1 Å². The summed E-state index contributed by atoms with van der Waals surface area (Å²) in [4.78, 5) is 23.8. The number of aromatic nitrogens is 3. The van der Waals surface area contributed by atoms with Crippen LogP contribution in [0.25, 0.3) is 0 Å². The van der Waals surface area contributed by atoms with E-state index in [9.17, 15) is 4.79 Å². The fourth-order valence-electron chi connectivity index (χ4n) is 1.84. The van der Waals surface area contributed by atoms with Gasteiger partial charge in [-0.1, -0.05) is 0 Å². The predicted molar refractivity (Wildman–Crippen MR) is 71.3 cm³/mol. The Labute approximate surface area is 112 Å². The van der Waals surface area contributed by atoms with Gasteiger partial charge in [0.1, 0.15) is 0 Å². The quantitative estimate of drug-likeness (QED) is 0.871. The fourth-order valence-corrected chi connectivity index (χ4v) is 1.84. The van der Waals surface area contributed by atoms with Crippen molar-refractivity contribution in [3.63, 3.8) is 0 Å². The molecule has 5 nitrogen and oxygen atoms in total. The van der Waals surface area contributed by atoms with Crippen LogP contribution in [-0.2, 0) is 17.6 Å². The molecule has 98 valence electrons. The minimum atomic E-state index is -0.0398. The smallest absolute Gasteiger partial charge is 0.226 e. The van der Waals surface area contributed by atoms with Crippen molar-refractivity contribution in [1.29, 1.82) is 0 Å². The van der Waals surface area contributed by atoms with Gasteiger partial charge in [0.2, 0.25) is 5.91 Å². The van der Waals surface area contributed by atoms with Crippen LogP contribution in [0.15, 0.2) is 43.1 Å². The van der Waals surface area contributed by atoms with Crippen LogP contribution in [0, 0.1) is 0 Å². The first-order valence-corrected chi connectivity index (χ1v) is 6.17. The molecule has 0 fully saturated rings. The van der Waals surface area contributed by atoms with E-state index in [0.717, 1.165) is 12.0 Å². The summed E-state index contributed by atoms with van der Waals surface area (Å²) < 4.78 is 0. The zero-order valence-electron chi connectivity index (χ0n) is 10.8. The number of hydrogen-bond donors (Lipinski definition) is 1. The van der Waals surface area contributed by atoms with Crippen molar-refractivity contribution in [3.8, 4) is 0 Å². The minimum absolute atomic E-state index is 0.0398. The molecule has 1 N–H and O–H groups in total. The molecule has 0 saturated heterocycles. The van der Waals surface area contributed by atoms with Gasteiger partial charge in [-0.05, 0) is 31.0 Å². The number of hydrogen-bond acceptors (Lipinski definition) is 4. The van der Waals surface area contributed by atoms with Gasteiger partial charge in [0.25, 0.3) is 0 Å². The molecule has 0 aliphatic carbocycles. The van der Waals surface area contributed by atoms with Crippen LogP contribution >= 0.6 is 0 Å². The summed E-state index contributed by atoms with van der Waals surface area (Å²) >= 11 is 0. The molecule has 2 aromatic heterocycles. The Morgan fingerprint density at radius 2 is 2.00 bits per heavy atom. The summed E-state index contributed by atoms with van der Waals surface area (Å²) in [7, 11) is 0. The minimum Gasteiger partial charge on any atom is -0.353 e. The summed E-state index contributed by atoms with van der Waals surface area (Å²) in [5, 5.41) is 2.95. The summed E-state index contributed by atoms with van der Waals surface area (Å²) in [6.45, 7) is 1.98. The molecule has 0 saturated carbocycles. The van der Waals surface area contributed by atoms with Gasteiger partial charge in [-0.3, -0.25) is 19.7 Å². The average Bonchev–Trinajstić information content (AvgIpc) is 2.40. The first-order valence-electron chi connectivity index (χ1n) is 6.17. The highest BCUT2D eigenvalue weighted by Crippen LogP contribution is 2.01. The van der Waals surface area contributed by atoms with E-state index in [1.165, 1.54) is 0 Å². The number of rotatable bonds is 5. The van der Waals surface area contributed by atoms with Crippen LogP contribution in [0.3, 0.4) is 0 Å². The van der Waals surface area contributed by atoms with Crippen LogP contribution in [0.4, 0.5) is 0 Å². The van der Waals surface area contributed by atoms with Crippen LogP contribution < -0.4 is 5.32 Å². The Balaban J connectivity index is 1.82. The van der Waals surface area contributed by atoms with Gasteiger partial charge in [-0.15, -0.1) is 0 Å². The molecule has 0 aliphatic heterocycles. The third kappa shape index (κ3) is 4.46. The molecule has 1 atom stereocenters. The van der Waals surface area contributed by atoms with E-state index in [2.05, 4.69) is 20.3 Å². The maximum absolute atomic E-state index is 11.8. The summed E-state index contributed by atoms with van der Waals surface area (Å²) in [5.41, 5.74) is 1.83. The highest BCUT2D eigenvalue weighted by atomic mass is 16.1. The molecular formula is C14H16N4O. The Kier molecular flexibility index (Phi) is 4.55. The molecule has 2 rings (SSSR count). The molecule has 0 aliphatic rings. The first kappa shape index (κ1) is 13.1. The number of carbonyl (C=O) groups excluding carboxylic acids is 1. The van der Waals surface area contributed by atoms with E-state index < -0.39 is 0 Å². The molecule has 0 aromatic carbocycles. The van der Waals surface area contributed by atoms with Crippen LogP contribution in [0.1, 0.15) is 18.2 Å². The predicted octanol–water partition coefficient (Wildman–Crippen LogP) is 1.16. The number of nitrogens with one attached hydrogen (secondary N) is 1. The summed E-state index contributed by atoms with van der Waals surface area (Å²) in [6, 6.07) is 3.97. The zero-order valence-corrected chi connectivity index (χ0v) is 10.8. The number of amides is 1. The van der Waals surface area contributed by atoms with Crippen molar-refractivity contribution < 1.29 is 4.79 Å². The lowest BCUT2D eigenvalue weighted by atomic mass is 10.1. The molecule has 19 heavy (non-hydrogen) atoms. The maximum Gasteiger partial charge on any atom is 0.226 e. The fraction of sp³-hybridized carbons (Fsp3) is 0.286. The van der Waals surface area contributed by atoms with Crippen molar-refractivity contribution in [2.24, 2.45) is 0 Å². The van der Waals surface area contributed by atoms with E-state index in [4.69, 9.17) is 0 Å². The Hall–Kier alpha value is -2.30. The Morgan fingerprint density at radius 1 is 1.21 bits per heavy atom. The lowest BCUT2D eigenvalue weighted by molar-refractivity contribution is -0.121. The van der Waals surface area contributed by atoms with E-state index in [-0.39, 0.29) is 18.4 Å². The van der Waals surface area contributed by atoms with Crippen molar-refractivity contribution in [3.05, 3.63) is 54.4 Å². The van der Waals surface area contributed by atoms with Gasteiger partial charge >= 0.3 is 0 Å². The third-order valence-corrected chi connectivity index (χ3v) is 2.66. The van der Waals surface area contributed by atoms with Crippen molar-refractivity contribution in [2.45, 2.75) is 25.8 Å². The second-order valence-electron chi connectivity index (χ2n) is 4.40. The highest BCUT2D eigenvalue weighted by molar-refractivity contribution is 5.78. The average molecular weight is 256 g/mol. The van der Waals surface area contributed by atoms with Gasteiger partial charge in [-0.25, -0.2) is 0 Å². The molecule has 2 heterocycles. The number of carbonyl (C=O) groups is 1.